The fourth-order valence-corrected chi connectivity index (χ4v) is 7.41. The average molecular weight is 623 g/mol. The van der Waals surface area contributed by atoms with E-state index in [9.17, 15) is 14.4 Å². The summed E-state index contributed by atoms with van der Waals surface area (Å²) < 4.78 is 33.7. The molecule has 6 rings (SSSR count). The number of piperidine rings is 1. The Kier molecular flexibility index (Phi) is 9.40. The van der Waals surface area contributed by atoms with Gasteiger partial charge in [0.15, 0.2) is 11.6 Å². The minimum absolute atomic E-state index is 0.0125. The SMILES string of the molecule is CN(CCO)SNc1ccc(F)c(Oc2ccc3ncn(C4COC5(CCN(C6CCCCC6)CC5)C4)c(=O)c3c2)c1C#N. The predicted molar refractivity (Wildman–Crippen MR) is 168 cm³/mol. The number of likely N-dealkylation sites (tertiary alicyclic amines) is 1. The van der Waals surface area contributed by atoms with Crippen LogP contribution in [0.2, 0.25) is 0 Å². The van der Waals surface area contributed by atoms with E-state index in [4.69, 9.17) is 14.6 Å². The van der Waals surface area contributed by atoms with Crippen molar-refractivity contribution in [2.45, 2.75) is 69.1 Å². The topological polar surface area (TPSA) is 116 Å². The number of rotatable bonds is 9. The van der Waals surface area contributed by atoms with Crippen molar-refractivity contribution in [3.05, 3.63) is 58.4 Å². The van der Waals surface area contributed by atoms with Crippen LogP contribution in [0.5, 0.6) is 11.5 Å². The molecule has 2 N–H and O–H groups in total. The fraction of sp³-hybridized carbons (Fsp3) is 0.531. The Hall–Kier alpha value is -3.21. The number of anilines is 1. The van der Waals surface area contributed by atoms with Crippen molar-refractivity contribution in [2.24, 2.45) is 0 Å². The van der Waals surface area contributed by atoms with Gasteiger partial charge < -0.3 is 24.2 Å². The number of aliphatic hydroxyl groups excluding tert-OH is 1. The van der Waals surface area contributed by atoms with E-state index in [0.717, 1.165) is 32.4 Å². The van der Waals surface area contributed by atoms with Gasteiger partial charge in [-0.2, -0.15) is 5.26 Å². The van der Waals surface area contributed by atoms with E-state index < -0.39 is 5.82 Å². The predicted octanol–water partition coefficient (Wildman–Crippen LogP) is 5.23. The Morgan fingerprint density at radius 1 is 1.23 bits per heavy atom. The van der Waals surface area contributed by atoms with Crippen molar-refractivity contribution in [3.8, 4) is 17.6 Å². The van der Waals surface area contributed by atoms with E-state index in [-0.39, 0.29) is 40.9 Å². The summed E-state index contributed by atoms with van der Waals surface area (Å²) in [6.07, 6.45) is 10.9. The minimum atomic E-state index is -0.701. The number of hydrogen-bond donors (Lipinski definition) is 2. The molecule has 1 spiro atoms. The second kappa shape index (κ2) is 13.4. The molecule has 3 heterocycles. The molecule has 2 saturated heterocycles. The van der Waals surface area contributed by atoms with Crippen LogP contribution in [0, 0.1) is 17.1 Å². The van der Waals surface area contributed by atoms with Crippen LogP contribution in [0.4, 0.5) is 10.1 Å². The minimum Gasteiger partial charge on any atom is -0.453 e. The number of halogens is 1. The molecule has 234 valence electrons. The number of aromatic nitrogens is 2. The molecule has 1 aliphatic carbocycles. The smallest absolute Gasteiger partial charge is 0.261 e. The van der Waals surface area contributed by atoms with Crippen molar-refractivity contribution >= 4 is 28.7 Å². The number of nitrogens with zero attached hydrogens (tertiary/aromatic N) is 5. The van der Waals surface area contributed by atoms with Crippen molar-refractivity contribution in [1.29, 1.82) is 5.26 Å². The summed E-state index contributed by atoms with van der Waals surface area (Å²) in [5.41, 5.74) is 0.452. The highest BCUT2D eigenvalue weighted by Crippen LogP contribution is 2.41. The molecule has 0 amide bonds. The first kappa shape index (κ1) is 30.8. The maximum Gasteiger partial charge on any atom is 0.261 e. The zero-order chi connectivity index (χ0) is 30.7. The Balaban J connectivity index is 1.19. The highest BCUT2D eigenvalue weighted by Gasteiger charge is 2.44. The van der Waals surface area contributed by atoms with Crippen LogP contribution in [0.15, 0.2) is 41.5 Å². The normalized spacial score (nSPS) is 20.8. The quantitative estimate of drug-likeness (QED) is 0.308. The van der Waals surface area contributed by atoms with Crippen LogP contribution in [-0.2, 0) is 4.74 Å². The van der Waals surface area contributed by atoms with Crippen molar-refractivity contribution < 1.29 is 19.0 Å². The van der Waals surface area contributed by atoms with Crippen LogP contribution in [0.1, 0.15) is 63.0 Å². The molecular formula is C32H39FN6O4S. The lowest BCUT2D eigenvalue weighted by atomic mass is 9.85. The number of nitriles is 1. The molecule has 2 aromatic carbocycles. The Bertz CT molecular complexity index is 1580. The standard InChI is InChI=1S/C32H39FN6O4S/c1-37(15-16-40)44-36-29-10-8-27(33)30(26(29)19-34)43-24-7-9-28-25(17-24)31(41)39(21-35-28)23-18-32(42-20-23)11-13-38(14-12-32)22-5-3-2-4-6-22/h7-10,17,21-23,36,40H,2-6,11-16,18,20H2,1H3. The number of ether oxygens (including phenoxy) is 2. The first-order valence-electron chi connectivity index (χ1n) is 15.4. The van der Waals surface area contributed by atoms with E-state index in [1.165, 1.54) is 56.4 Å². The van der Waals surface area contributed by atoms with Gasteiger partial charge >= 0.3 is 0 Å². The van der Waals surface area contributed by atoms with Gasteiger partial charge in [-0.1, -0.05) is 19.3 Å². The number of likely N-dealkylation sites (N-methyl/N-ethyl adjacent to an activating group) is 1. The summed E-state index contributed by atoms with van der Waals surface area (Å²) >= 11 is 1.17. The molecular weight excluding hydrogens is 583 g/mol. The highest BCUT2D eigenvalue weighted by molar-refractivity contribution is 7.98. The maximum absolute atomic E-state index is 14.9. The number of fused-ring (bicyclic) bond motifs is 1. The first-order chi connectivity index (χ1) is 21.4. The molecule has 44 heavy (non-hydrogen) atoms. The summed E-state index contributed by atoms with van der Waals surface area (Å²) in [4.78, 5) is 20.9. The molecule has 0 radical (unpaired) electrons. The fourth-order valence-electron chi connectivity index (χ4n) is 6.81. The van der Waals surface area contributed by atoms with Gasteiger partial charge in [0.2, 0.25) is 0 Å². The Morgan fingerprint density at radius 3 is 2.77 bits per heavy atom. The Morgan fingerprint density at radius 2 is 2.02 bits per heavy atom. The molecule has 10 nitrogen and oxygen atoms in total. The maximum atomic E-state index is 14.9. The van der Waals surface area contributed by atoms with Crippen LogP contribution in [0.3, 0.4) is 0 Å². The van der Waals surface area contributed by atoms with Gasteiger partial charge in [0.1, 0.15) is 17.4 Å². The lowest BCUT2D eigenvalue weighted by Gasteiger charge is -2.43. The second-order valence-electron chi connectivity index (χ2n) is 12.1. The average Bonchev–Trinajstić information content (AvgIpc) is 3.45. The van der Waals surface area contributed by atoms with Crippen LogP contribution >= 0.6 is 12.1 Å². The van der Waals surface area contributed by atoms with Gasteiger partial charge in [0, 0.05) is 37.8 Å². The zero-order valence-corrected chi connectivity index (χ0v) is 25.8. The monoisotopic (exact) mass is 622 g/mol. The molecule has 3 fully saturated rings. The third kappa shape index (κ3) is 6.43. The summed E-state index contributed by atoms with van der Waals surface area (Å²) in [6, 6.07) is 10.1. The van der Waals surface area contributed by atoms with Gasteiger partial charge in [-0.15, -0.1) is 0 Å². The second-order valence-corrected chi connectivity index (χ2v) is 13.1. The molecule has 1 atom stereocenters. The first-order valence-corrected chi connectivity index (χ1v) is 16.2. The van der Waals surface area contributed by atoms with Crippen LogP contribution in [-0.4, -0.2) is 75.4 Å². The van der Waals surface area contributed by atoms with Crippen molar-refractivity contribution in [2.75, 3.05) is 44.6 Å². The van der Waals surface area contributed by atoms with Crippen molar-refractivity contribution in [1.82, 2.24) is 18.8 Å². The highest BCUT2D eigenvalue weighted by atomic mass is 32.2. The molecule has 3 aliphatic rings. The van der Waals surface area contributed by atoms with Gasteiger partial charge in [0.25, 0.3) is 5.56 Å². The number of nitrogens with one attached hydrogen (secondary N) is 1. The van der Waals surface area contributed by atoms with Gasteiger partial charge in [0.05, 0.1) is 47.8 Å². The van der Waals surface area contributed by atoms with E-state index in [1.807, 2.05) is 6.07 Å². The summed E-state index contributed by atoms with van der Waals surface area (Å²) in [6.45, 7) is 2.92. The van der Waals surface area contributed by atoms with Crippen molar-refractivity contribution in [3.63, 3.8) is 0 Å². The molecule has 12 heteroatoms. The van der Waals surface area contributed by atoms with Gasteiger partial charge in [-0.05, 0) is 69.5 Å². The number of hydrogen-bond acceptors (Lipinski definition) is 10. The third-order valence-electron chi connectivity index (χ3n) is 9.31. The third-order valence-corrected chi connectivity index (χ3v) is 10.1. The molecule has 1 unspecified atom stereocenters. The summed E-state index contributed by atoms with van der Waals surface area (Å²) in [5, 5.41) is 19.3. The van der Waals surface area contributed by atoms with E-state index in [1.54, 1.807) is 40.4 Å². The lowest BCUT2D eigenvalue weighted by molar-refractivity contribution is -0.0535. The largest absolute Gasteiger partial charge is 0.453 e. The summed E-state index contributed by atoms with van der Waals surface area (Å²) in [5.74, 6) is -0.717. The molecule has 3 aromatic rings. The molecule has 2 aliphatic heterocycles. The number of aliphatic hydroxyl groups is 1. The number of benzene rings is 2. The van der Waals surface area contributed by atoms with Gasteiger partial charge in [-0.3, -0.25) is 9.36 Å². The molecule has 0 bridgehead atoms. The zero-order valence-electron chi connectivity index (χ0n) is 25.0. The van der Waals surface area contributed by atoms with Gasteiger partial charge in [-0.25, -0.2) is 13.7 Å². The van der Waals surface area contributed by atoms with E-state index in [0.29, 0.717) is 35.8 Å². The molecule has 1 aromatic heterocycles. The Labute approximate surface area is 261 Å². The van der Waals surface area contributed by atoms with Crippen LogP contribution < -0.4 is 15.0 Å². The van der Waals surface area contributed by atoms with Crippen LogP contribution in [0.25, 0.3) is 10.9 Å². The summed E-state index contributed by atoms with van der Waals surface area (Å²) in [7, 11) is 1.77. The van der Waals surface area contributed by atoms with E-state index in [2.05, 4.69) is 14.6 Å². The molecule has 1 saturated carbocycles. The lowest BCUT2D eigenvalue weighted by Crippen LogP contribution is -2.48. The van der Waals surface area contributed by atoms with E-state index >= 15 is 0 Å².